The molecule has 0 aliphatic carbocycles. The first-order chi connectivity index (χ1) is 13.7. The Morgan fingerprint density at radius 1 is 1.11 bits per heavy atom. The molecule has 0 saturated carbocycles. The second-order valence-corrected chi connectivity index (χ2v) is 7.59. The molecule has 28 heavy (non-hydrogen) atoms. The third-order valence-corrected chi connectivity index (χ3v) is 5.73. The number of carbonyl (C=O) groups excluding carboxylic acids is 2. The monoisotopic (exact) mass is 385 g/mol. The molecule has 0 spiro atoms. The average Bonchev–Trinajstić information content (AvgIpc) is 3.18. The number of fused-ring (bicyclic) bond motifs is 1. The fraction of sp³-hybridized carbons (Fsp3) is 0.600. The summed E-state index contributed by atoms with van der Waals surface area (Å²) in [4.78, 5) is 28.8. The molecule has 0 aromatic carbocycles. The third kappa shape index (κ3) is 3.68. The molecule has 2 unspecified atom stereocenters. The quantitative estimate of drug-likeness (QED) is 0.810. The summed E-state index contributed by atoms with van der Waals surface area (Å²) in [6, 6.07) is 5.86. The molecular formula is C20H27N5O3. The highest BCUT2D eigenvalue weighted by atomic mass is 16.6. The lowest BCUT2D eigenvalue weighted by molar-refractivity contribution is -0.138. The van der Waals surface area contributed by atoms with Crippen LogP contribution in [0.15, 0.2) is 24.4 Å². The third-order valence-electron chi connectivity index (χ3n) is 5.73. The SMILES string of the molecule is CCOC(=O)N1CCCC(C(=O)N2CCCC(c3nnc4ccccn34)C2)C1. The maximum atomic E-state index is 13.2. The van der Waals surface area contributed by atoms with Gasteiger partial charge >= 0.3 is 6.09 Å². The number of hydrogen-bond donors (Lipinski definition) is 0. The summed E-state index contributed by atoms with van der Waals surface area (Å²) < 4.78 is 7.12. The maximum absolute atomic E-state index is 13.2. The Bertz CT molecular complexity index is 851. The molecule has 2 aromatic rings. The van der Waals surface area contributed by atoms with Crippen molar-refractivity contribution in [3.63, 3.8) is 0 Å². The fourth-order valence-corrected chi connectivity index (χ4v) is 4.34. The number of aromatic nitrogens is 3. The summed E-state index contributed by atoms with van der Waals surface area (Å²) in [6.07, 6.45) is 5.27. The molecule has 2 amide bonds. The van der Waals surface area contributed by atoms with Crippen molar-refractivity contribution in [2.24, 2.45) is 5.92 Å². The van der Waals surface area contributed by atoms with Gasteiger partial charge in [-0.05, 0) is 44.7 Å². The molecule has 150 valence electrons. The number of rotatable bonds is 3. The molecule has 2 aromatic heterocycles. The van der Waals surface area contributed by atoms with E-state index < -0.39 is 0 Å². The lowest BCUT2D eigenvalue weighted by Gasteiger charge is -2.37. The molecule has 0 bridgehead atoms. The summed E-state index contributed by atoms with van der Waals surface area (Å²) in [5.74, 6) is 1.10. The molecule has 0 N–H and O–H groups in total. The first kappa shape index (κ1) is 18.7. The van der Waals surface area contributed by atoms with Crippen molar-refractivity contribution < 1.29 is 14.3 Å². The van der Waals surface area contributed by atoms with E-state index in [4.69, 9.17) is 4.74 Å². The van der Waals surface area contributed by atoms with Crippen molar-refractivity contribution in [1.29, 1.82) is 0 Å². The topological polar surface area (TPSA) is 80.0 Å². The van der Waals surface area contributed by atoms with E-state index in [1.54, 1.807) is 11.8 Å². The number of pyridine rings is 1. The van der Waals surface area contributed by atoms with Gasteiger partial charge in [-0.15, -0.1) is 10.2 Å². The van der Waals surface area contributed by atoms with Gasteiger partial charge in [-0.3, -0.25) is 9.20 Å². The first-order valence-electron chi connectivity index (χ1n) is 10.2. The maximum Gasteiger partial charge on any atom is 0.409 e. The normalized spacial score (nSPS) is 23.0. The Balaban J connectivity index is 1.44. The van der Waals surface area contributed by atoms with Crippen LogP contribution in [0.25, 0.3) is 5.65 Å². The molecule has 2 aliphatic rings. The van der Waals surface area contributed by atoms with Crippen LogP contribution < -0.4 is 0 Å². The Hall–Kier alpha value is -2.64. The molecule has 2 aliphatic heterocycles. The molecule has 0 radical (unpaired) electrons. The molecule has 2 atom stereocenters. The first-order valence-corrected chi connectivity index (χ1v) is 10.2. The van der Waals surface area contributed by atoms with Crippen molar-refractivity contribution >= 4 is 17.6 Å². The highest BCUT2D eigenvalue weighted by Crippen LogP contribution is 2.28. The van der Waals surface area contributed by atoms with Crippen molar-refractivity contribution in [3.05, 3.63) is 30.2 Å². The van der Waals surface area contributed by atoms with Crippen molar-refractivity contribution in [2.75, 3.05) is 32.8 Å². The summed E-state index contributed by atoms with van der Waals surface area (Å²) in [5, 5.41) is 8.64. The van der Waals surface area contributed by atoms with E-state index >= 15 is 0 Å². The lowest BCUT2D eigenvalue weighted by Crippen LogP contribution is -2.49. The van der Waals surface area contributed by atoms with Gasteiger partial charge in [-0.25, -0.2) is 4.79 Å². The van der Waals surface area contributed by atoms with Crippen LogP contribution >= 0.6 is 0 Å². The van der Waals surface area contributed by atoms with Gasteiger partial charge in [0, 0.05) is 38.3 Å². The average molecular weight is 385 g/mol. The van der Waals surface area contributed by atoms with Crippen molar-refractivity contribution in [1.82, 2.24) is 24.4 Å². The summed E-state index contributed by atoms with van der Waals surface area (Å²) in [5.41, 5.74) is 0.832. The molecular weight excluding hydrogens is 358 g/mol. The predicted molar refractivity (Wildman–Crippen MR) is 103 cm³/mol. The summed E-state index contributed by atoms with van der Waals surface area (Å²) >= 11 is 0. The largest absolute Gasteiger partial charge is 0.450 e. The van der Waals surface area contributed by atoms with Crippen LogP contribution in [0.5, 0.6) is 0 Å². The summed E-state index contributed by atoms with van der Waals surface area (Å²) in [6.45, 7) is 4.69. The Labute approximate surface area is 164 Å². The zero-order valence-corrected chi connectivity index (χ0v) is 16.3. The standard InChI is InChI=1S/C20H27N5O3/c1-2-28-20(27)24-11-6-8-16(14-24)19(26)23-10-5-7-15(13-23)18-22-21-17-9-3-4-12-25(17)18/h3-4,9,12,15-16H,2,5-8,10-11,13-14H2,1H3. The number of piperidine rings is 2. The van der Waals surface area contributed by atoms with E-state index in [2.05, 4.69) is 10.2 Å². The molecule has 2 fully saturated rings. The number of hydrogen-bond acceptors (Lipinski definition) is 5. The van der Waals surface area contributed by atoms with Crippen LogP contribution in [-0.4, -0.2) is 69.2 Å². The lowest BCUT2D eigenvalue weighted by atomic mass is 9.92. The molecule has 4 heterocycles. The van der Waals surface area contributed by atoms with Crippen LogP contribution in [0.4, 0.5) is 4.79 Å². The Kier molecular flexibility index (Phi) is 5.45. The van der Waals surface area contributed by atoms with Crippen LogP contribution in [0, 0.1) is 5.92 Å². The molecule has 8 nitrogen and oxygen atoms in total. The second-order valence-electron chi connectivity index (χ2n) is 7.59. The zero-order valence-electron chi connectivity index (χ0n) is 16.3. The summed E-state index contributed by atoms with van der Waals surface area (Å²) in [7, 11) is 0. The van der Waals surface area contributed by atoms with Gasteiger partial charge in [0.1, 0.15) is 5.82 Å². The molecule has 4 rings (SSSR count). The van der Waals surface area contributed by atoms with Gasteiger partial charge in [0.2, 0.25) is 5.91 Å². The van der Waals surface area contributed by atoms with E-state index in [9.17, 15) is 9.59 Å². The van der Waals surface area contributed by atoms with E-state index in [0.29, 0.717) is 26.2 Å². The van der Waals surface area contributed by atoms with Crippen LogP contribution in [-0.2, 0) is 9.53 Å². The number of likely N-dealkylation sites (tertiary alicyclic amines) is 2. The van der Waals surface area contributed by atoms with Crippen LogP contribution in [0.1, 0.15) is 44.3 Å². The smallest absolute Gasteiger partial charge is 0.409 e. The van der Waals surface area contributed by atoms with Gasteiger partial charge in [-0.1, -0.05) is 6.07 Å². The number of amides is 2. The number of ether oxygens (including phenoxy) is 1. The Morgan fingerprint density at radius 2 is 1.93 bits per heavy atom. The van der Waals surface area contributed by atoms with Gasteiger partial charge in [-0.2, -0.15) is 0 Å². The van der Waals surface area contributed by atoms with Crippen LogP contribution in [0.3, 0.4) is 0 Å². The van der Waals surface area contributed by atoms with Gasteiger partial charge in [0.05, 0.1) is 12.5 Å². The van der Waals surface area contributed by atoms with Crippen molar-refractivity contribution in [3.8, 4) is 0 Å². The minimum Gasteiger partial charge on any atom is -0.450 e. The van der Waals surface area contributed by atoms with E-state index in [1.807, 2.05) is 33.7 Å². The number of carbonyl (C=O) groups is 2. The van der Waals surface area contributed by atoms with Gasteiger partial charge in [0.25, 0.3) is 0 Å². The number of nitrogens with zero attached hydrogens (tertiary/aromatic N) is 5. The minimum absolute atomic E-state index is 0.146. The predicted octanol–water partition coefficient (Wildman–Crippen LogP) is 2.30. The highest BCUT2D eigenvalue weighted by Gasteiger charge is 2.35. The van der Waals surface area contributed by atoms with Gasteiger partial charge < -0.3 is 14.5 Å². The van der Waals surface area contributed by atoms with Crippen molar-refractivity contribution in [2.45, 2.75) is 38.5 Å². The zero-order chi connectivity index (χ0) is 19.5. The van der Waals surface area contributed by atoms with E-state index in [0.717, 1.165) is 43.7 Å². The molecule has 8 heteroatoms. The molecule has 2 saturated heterocycles. The van der Waals surface area contributed by atoms with Gasteiger partial charge in [0.15, 0.2) is 5.65 Å². The van der Waals surface area contributed by atoms with E-state index in [1.165, 1.54) is 0 Å². The van der Waals surface area contributed by atoms with Crippen LogP contribution in [0.2, 0.25) is 0 Å². The highest BCUT2D eigenvalue weighted by molar-refractivity contribution is 5.80. The van der Waals surface area contributed by atoms with E-state index in [-0.39, 0.29) is 23.8 Å². The minimum atomic E-state index is -0.313. The Morgan fingerprint density at radius 3 is 2.79 bits per heavy atom. The second kappa shape index (κ2) is 8.16. The fourth-order valence-electron chi connectivity index (χ4n) is 4.34.